The van der Waals surface area contributed by atoms with E-state index in [9.17, 15) is 9.59 Å². The summed E-state index contributed by atoms with van der Waals surface area (Å²) in [6, 6.07) is 7.00. The van der Waals surface area contributed by atoms with E-state index in [-0.39, 0.29) is 24.4 Å². The van der Waals surface area contributed by atoms with Crippen LogP contribution in [0.5, 0.6) is 0 Å². The second kappa shape index (κ2) is 10.0. The average Bonchev–Trinajstić information content (AvgIpc) is 2.75. The lowest BCUT2D eigenvalue weighted by molar-refractivity contribution is -0.160. The SMILES string of the molecule is C=CCOC(=O)C1=C[C@@H](c2coc3ccccc3c2=O)C[C@@H](OCCCCO)O1. The van der Waals surface area contributed by atoms with Crippen LogP contribution in [0.2, 0.25) is 0 Å². The van der Waals surface area contributed by atoms with Crippen LogP contribution in [0.3, 0.4) is 0 Å². The molecule has 1 aliphatic heterocycles. The molecule has 1 aromatic heterocycles. The predicted octanol–water partition coefficient (Wildman–Crippen LogP) is 3.03. The number of unbranched alkanes of at least 4 members (excludes halogenated alkanes) is 1. The summed E-state index contributed by atoms with van der Waals surface area (Å²) in [6.07, 6.45) is 5.33. The molecule has 1 N–H and O–H groups in total. The third-order valence-electron chi connectivity index (χ3n) is 4.55. The maximum Gasteiger partial charge on any atom is 0.373 e. The zero-order valence-corrected chi connectivity index (χ0v) is 16.0. The Hall–Kier alpha value is -2.90. The van der Waals surface area contributed by atoms with Crippen molar-refractivity contribution in [3.05, 3.63) is 70.8 Å². The molecule has 154 valence electrons. The number of esters is 1. The molecule has 1 aliphatic rings. The van der Waals surface area contributed by atoms with E-state index in [0.717, 1.165) is 0 Å². The first-order valence-corrected chi connectivity index (χ1v) is 9.53. The van der Waals surface area contributed by atoms with Crippen LogP contribution >= 0.6 is 0 Å². The summed E-state index contributed by atoms with van der Waals surface area (Å²) in [5.41, 5.74) is 0.762. The molecule has 0 saturated carbocycles. The standard InChI is InChI=1S/C22H24O7/c1-2-10-27-22(25)19-12-15(13-20(29-19)26-11-6-5-9-23)17-14-28-18-8-4-3-7-16(18)21(17)24/h2-4,7-8,12,14-15,20,23H,1,5-6,9-11,13H2/t15-,20+/m1/s1. The first-order valence-electron chi connectivity index (χ1n) is 9.53. The van der Waals surface area contributed by atoms with Gasteiger partial charge in [-0.05, 0) is 31.1 Å². The molecule has 0 amide bonds. The Bertz CT molecular complexity index is 944. The molecule has 0 spiro atoms. The molecule has 1 aromatic carbocycles. The van der Waals surface area contributed by atoms with E-state index in [0.29, 0.717) is 42.4 Å². The monoisotopic (exact) mass is 400 g/mol. The maximum atomic E-state index is 13.0. The van der Waals surface area contributed by atoms with Crippen molar-refractivity contribution >= 4 is 16.9 Å². The van der Waals surface area contributed by atoms with Crippen LogP contribution in [0.1, 0.15) is 30.7 Å². The quantitative estimate of drug-likeness (QED) is 0.393. The van der Waals surface area contributed by atoms with Gasteiger partial charge in [0, 0.05) is 24.5 Å². The fourth-order valence-corrected chi connectivity index (χ4v) is 3.11. The Morgan fingerprint density at radius 3 is 2.93 bits per heavy atom. The first-order chi connectivity index (χ1) is 14.1. The van der Waals surface area contributed by atoms with Crippen molar-refractivity contribution in [2.45, 2.75) is 31.5 Å². The van der Waals surface area contributed by atoms with Crippen molar-refractivity contribution in [1.29, 1.82) is 0 Å². The molecule has 29 heavy (non-hydrogen) atoms. The number of aliphatic hydroxyl groups excluding tert-OH is 1. The number of allylic oxidation sites excluding steroid dienone is 1. The minimum absolute atomic E-state index is 0.0113. The van der Waals surface area contributed by atoms with Crippen molar-refractivity contribution in [1.82, 2.24) is 0 Å². The minimum atomic E-state index is -0.721. The van der Waals surface area contributed by atoms with Crippen LogP contribution in [-0.2, 0) is 19.0 Å². The molecule has 2 aromatic rings. The molecule has 7 heteroatoms. The van der Waals surface area contributed by atoms with Gasteiger partial charge in [0.1, 0.15) is 12.2 Å². The first kappa shape index (κ1) is 20.8. The van der Waals surface area contributed by atoms with Gasteiger partial charge in [-0.1, -0.05) is 24.8 Å². The van der Waals surface area contributed by atoms with Gasteiger partial charge in [-0.2, -0.15) is 0 Å². The van der Waals surface area contributed by atoms with E-state index in [1.807, 2.05) is 0 Å². The van der Waals surface area contributed by atoms with Gasteiger partial charge in [-0.3, -0.25) is 4.79 Å². The number of carbonyl (C=O) groups excluding carboxylic acids is 1. The van der Waals surface area contributed by atoms with Gasteiger partial charge in [0.15, 0.2) is 5.43 Å². The molecule has 7 nitrogen and oxygen atoms in total. The number of rotatable bonds is 9. The Morgan fingerprint density at radius 1 is 1.31 bits per heavy atom. The second-order valence-electron chi connectivity index (χ2n) is 6.63. The summed E-state index contributed by atoms with van der Waals surface area (Å²) < 4.78 is 22.0. The van der Waals surface area contributed by atoms with Gasteiger partial charge >= 0.3 is 5.97 Å². The second-order valence-corrected chi connectivity index (χ2v) is 6.63. The fourth-order valence-electron chi connectivity index (χ4n) is 3.11. The Balaban J connectivity index is 1.88. The average molecular weight is 400 g/mol. The summed E-state index contributed by atoms with van der Waals surface area (Å²) >= 11 is 0. The lowest BCUT2D eigenvalue weighted by Crippen LogP contribution is -2.29. The Kier molecular flexibility index (Phi) is 7.21. The summed E-state index contributed by atoms with van der Waals surface area (Å²) in [6.45, 7) is 4.00. The summed E-state index contributed by atoms with van der Waals surface area (Å²) in [4.78, 5) is 25.3. The van der Waals surface area contributed by atoms with Crippen molar-refractivity contribution in [2.24, 2.45) is 0 Å². The van der Waals surface area contributed by atoms with Gasteiger partial charge in [-0.15, -0.1) is 0 Å². The predicted molar refractivity (Wildman–Crippen MR) is 106 cm³/mol. The lowest BCUT2D eigenvalue weighted by atomic mass is 9.93. The van der Waals surface area contributed by atoms with Crippen molar-refractivity contribution in [2.75, 3.05) is 19.8 Å². The topological polar surface area (TPSA) is 95.2 Å². The smallest absolute Gasteiger partial charge is 0.373 e. The fraction of sp³-hybridized carbons (Fsp3) is 0.364. The summed E-state index contributed by atoms with van der Waals surface area (Å²) in [7, 11) is 0. The molecule has 0 radical (unpaired) electrons. The number of fused-ring (bicyclic) bond motifs is 1. The van der Waals surface area contributed by atoms with Crippen LogP contribution in [0.4, 0.5) is 0 Å². The molecule has 0 aliphatic carbocycles. The van der Waals surface area contributed by atoms with Crippen molar-refractivity contribution < 1.29 is 28.5 Å². The number of carbonyl (C=O) groups is 1. The number of aliphatic hydroxyl groups is 1. The molecule has 0 unspecified atom stereocenters. The molecular formula is C22H24O7. The van der Waals surface area contributed by atoms with Crippen LogP contribution in [0, 0.1) is 0 Å². The largest absolute Gasteiger partial charge is 0.464 e. The number of hydrogen-bond donors (Lipinski definition) is 1. The minimum Gasteiger partial charge on any atom is -0.464 e. The number of benzene rings is 1. The van der Waals surface area contributed by atoms with Crippen molar-refractivity contribution in [3.8, 4) is 0 Å². The number of para-hydroxylation sites is 1. The van der Waals surface area contributed by atoms with Crippen molar-refractivity contribution in [3.63, 3.8) is 0 Å². The highest BCUT2D eigenvalue weighted by molar-refractivity contribution is 5.86. The van der Waals surface area contributed by atoms with Crippen LogP contribution in [-0.4, -0.2) is 37.2 Å². The molecule has 0 saturated heterocycles. The highest BCUT2D eigenvalue weighted by atomic mass is 16.7. The summed E-state index contributed by atoms with van der Waals surface area (Å²) in [5.74, 6) is -1.09. The van der Waals surface area contributed by atoms with E-state index >= 15 is 0 Å². The normalized spacial score (nSPS) is 18.7. The Labute approximate surface area is 168 Å². The van der Waals surface area contributed by atoms with Crippen LogP contribution in [0.25, 0.3) is 11.0 Å². The maximum absolute atomic E-state index is 13.0. The van der Waals surface area contributed by atoms with E-state index in [1.54, 1.807) is 30.3 Å². The summed E-state index contributed by atoms with van der Waals surface area (Å²) in [5, 5.41) is 9.37. The zero-order valence-electron chi connectivity index (χ0n) is 16.0. The van der Waals surface area contributed by atoms with Gasteiger partial charge in [0.2, 0.25) is 12.0 Å². The van der Waals surface area contributed by atoms with E-state index < -0.39 is 18.2 Å². The lowest BCUT2D eigenvalue weighted by Gasteiger charge is -2.28. The van der Waals surface area contributed by atoms with Gasteiger partial charge < -0.3 is 23.7 Å². The molecule has 0 bridgehead atoms. The number of hydrogen-bond acceptors (Lipinski definition) is 7. The third kappa shape index (κ3) is 5.13. The van der Waals surface area contributed by atoms with E-state index in [2.05, 4.69) is 6.58 Å². The molecule has 2 heterocycles. The molecule has 2 atom stereocenters. The van der Waals surface area contributed by atoms with Gasteiger partial charge in [0.05, 0.1) is 18.3 Å². The molecular weight excluding hydrogens is 376 g/mol. The van der Waals surface area contributed by atoms with E-state index in [1.165, 1.54) is 12.3 Å². The van der Waals surface area contributed by atoms with E-state index in [4.69, 9.17) is 23.7 Å². The van der Waals surface area contributed by atoms with Gasteiger partial charge in [-0.25, -0.2) is 4.79 Å². The Morgan fingerprint density at radius 2 is 2.14 bits per heavy atom. The van der Waals surface area contributed by atoms with Crippen LogP contribution < -0.4 is 5.43 Å². The highest BCUT2D eigenvalue weighted by Crippen LogP contribution is 2.31. The van der Waals surface area contributed by atoms with Crippen LogP contribution in [0.15, 0.2) is 64.2 Å². The zero-order chi connectivity index (χ0) is 20.6. The third-order valence-corrected chi connectivity index (χ3v) is 4.55. The van der Waals surface area contributed by atoms with Gasteiger partial charge in [0.25, 0.3) is 0 Å². The molecule has 3 rings (SSSR count). The molecule has 0 fully saturated rings. The number of ether oxygens (including phenoxy) is 3. The highest BCUT2D eigenvalue weighted by Gasteiger charge is 2.31.